The van der Waals surface area contributed by atoms with E-state index in [-0.39, 0.29) is 11.5 Å². The summed E-state index contributed by atoms with van der Waals surface area (Å²) >= 11 is 0. The minimum atomic E-state index is -0.386. The zero-order chi connectivity index (χ0) is 19.1. The molecule has 0 heterocycles. The zero-order valence-electron chi connectivity index (χ0n) is 15.1. The Kier molecular flexibility index (Phi) is 5.86. The van der Waals surface area contributed by atoms with Gasteiger partial charge in [0.15, 0.2) is 0 Å². The van der Waals surface area contributed by atoms with Crippen molar-refractivity contribution in [1.82, 2.24) is 5.32 Å². The molecule has 0 aromatic heterocycles. The number of nitrogens with one attached hydrogen (secondary N) is 1. The van der Waals surface area contributed by atoms with Crippen LogP contribution in [0, 0.1) is 11.3 Å². The molecular formula is C23H20N2O2. The second-order valence-electron chi connectivity index (χ2n) is 6.06. The lowest BCUT2D eigenvalue weighted by Crippen LogP contribution is -2.26. The van der Waals surface area contributed by atoms with Crippen LogP contribution in [-0.4, -0.2) is 19.6 Å². The average molecular weight is 356 g/mol. The van der Waals surface area contributed by atoms with Crippen LogP contribution in [-0.2, 0) is 11.2 Å². The van der Waals surface area contributed by atoms with Crippen molar-refractivity contribution < 1.29 is 9.53 Å². The summed E-state index contributed by atoms with van der Waals surface area (Å²) in [6, 6.07) is 23.5. The SMILES string of the molecule is COc1ccc2ccccc2c1C=C(C#N)C(=O)NCCc1ccccc1. The van der Waals surface area contributed by atoms with E-state index in [1.54, 1.807) is 13.2 Å². The minimum Gasteiger partial charge on any atom is -0.496 e. The van der Waals surface area contributed by atoms with Crippen molar-refractivity contribution >= 4 is 22.8 Å². The summed E-state index contributed by atoms with van der Waals surface area (Å²) in [4.78, 5) is 12.5. The Bertz CT molecular complexity index is 1020. The molecule has 0 radical (unpaired) electrons. The molecule has 0 bridgehead atoms. The van der Waals surface area contributed by atoms with Gasteiger partial charge in [0.05, 0.1) is 7.11 Å². The van der Waals surface area contributed by atoms with E-state index in [9.17, 15) is 10.1 Å². The third-order valence-electron chi connectivity index (χ3n) is 4.35. The van der Waals surface area contributed by atoms with Crippen LogP contribution in [0.3, 0.4) is 0 Å². The van der Waals surface area contributed by atoms with E-state index in [1.807, 2.05) is 72.8 Å². The third kappa shape index (κ3) is 4.34. The summed E-state index contributed by atoms with van der Waals surface area (Å²) in [7, 11) is 1.58. The van der Waals surface area contributed by atoms with E-state index < -0.39 is 0 Å². The smallest absolute Gasteiger partial charge is 0.261 e. The van der Waals surface area contributed by atoms with Crippen LogP contribution in [0.2, 0.25) is 0 Å². The van der Waals surface area contributed by atoms with Crippen molar-refractivity contribution in [3.63, 3.8) is 0 Å². The first-order valence-corrected chi connectivity index (χ1v) is 8.72. The summed E-state index contributed by atoms with van der Waals surface area (Å²) in [6.07, 6.45) is 2.31. The number of fused-ring (bicyclic) bond motifs is 1. The second kappa shape index (κ2) is 8.68. The highest BCUT2D eigenvalue weighted by Crippen LogP contribution is 2.30. The van der Waals surface area contributed by atoms with Crippen molar-refractivity contribution in [1.29, 1.82) is 5.26 Å². The number of methoxy groups -OCH3 is 1. The fourth-order valence-electron chi connectivity index (χ4n) is 2.96. The largest absolute Gasteiger partial charge is 0.496 e. The Morgan fingerprint density at radius 2 is 1.81 bits per heavy atom. The summed E-state index contributed by atoms with van der Waals surface area (Å²) in [5, 5.41) is 14.3. The maximum atomic E-state index is 12.5. The van der Waals surface area contributed by atoms with Gasteiger partial charge >= 0.3 is 0 Å². The molecular weight excluding hydrogens is 336 g/mol. The monoisotopic (exact) mass is 356 g/mol. The first-order valence-electron chi connectivity index (χ1n) is 8.72. The van der Waals surface area contributed by atoms with Crippen LogP contribution in [0.25, 0.3) is 16.8 Å². The molecule has 27 heavy (non-hydrogen) atoms. The number of hydrogen-bond acceptors (Lipinski definition) is 3. The van der Waals surface area contributed by atoms with Gasteiger partial charge in [0, 0.05) is 12.1 Å². The van der Waals surface area contributed by atoms with Crippen LogP contribution in [0.1, 0.15) is 11.1 Å². The van der Waals surface area contributed by atoms with Gasteiger partial charge < -0.3 is 10.1 Å². The molecule has 0 aliphatic carbocycles. The molecule has 3 rings (SSSR count). The number of benzene rings is 3. The fourth-order valence-corrected chi connectivity index (χ4v) is 2.96. The topological polar surface area (TPSA) is 62.1 Å². The summed E-state index contributed by atoms with van der Waals surface area (Å²) in [5.74, 6) is 0.238. The van der Waals surface area contributed by atoms with E-state index in [1.165, 1.54) is 0 Å². The molecule has 134 valence electrons. The molecule has 1 N–H and O–H groups in total. The van der Waals surface area contributed by atoms with Crippen LogP contribution in [0.4, 0.5) is 0 Å². The number of hydrogen-bond donors (Lipinski definition) is 1. The van der Waals surface area contributed by atoms with Crippen molar-refractivity contribution in [2.24, 2.45) is 0 Å². The molecule has 0 fully saturated rings. The lowest BCUT2D eigenvalue weighted by molar-refractivity contribution is -0.117. The quantitative estimate of drug-likeness (QED) is 0.534. The standard InChI is InChI=1S/C23H20N2O2/c1-27-22-12-11-18-9-5-6-10-20(18)21(22)15-19(16-24)23(26)25-14-13-17-7-3-2-4-8-17/h2-12,15H,13-14H2,1H3,(H,25,26). The van der Waals surface area contributed by atoms with Gasteiger partial charge in [0.2, 0.25) is 0 Å². The van der Waals surface area contributed by atoms with Gasteiger partial charge in [-0.2, -0.15) is 5.26 Å². The van der Waals surface area contributed by atoms with Crippen molar-refractivity contribution in [2.75, 3.05) is 13.7 Å². The first-order chi connectivity index (χ1) is 13.2. The van der Waals surface area contributed by atoms with Gasteiger partial charge in [-0.05, 0) is 34.9 Å². The number of carbonyl (C=O) groups is 1. The lowest BCUT2D eigenvalue weighted by atomic mass is 10.0. The second-order valence-corrected chi connectivity index (χ2v) is 6.06. The first kappa shape index (κ1) is 18.2. The van der Waals surface area contributed by atoms with Gasteiger partial charge in [-0.1, -0.05) is 60.7 Å². The molecule has 0 aliphatic rings. The average Bonchev–Trinajstić information content (AvgIpc) is 2.72. The van der Waals surface area contributed by atoms with E-state index >= 15 is 0 Å². The zero-order valence-corrected chi connectivity index (χ0v) is 15.1. The number of carbonyl (C=O) groups excluding carboxylic acids is 1. The molecule has 3 aromatic carbocycles. The number of rotatable bonds is 6. The normalized spacial score (nSPS) is 11.0. The highest BCUT2D eigenvalue weighted by atomic mass is 16.5. The minimum absolute atomic E-state index is 0.0534. The van der Waals surface area contributed by atoms with E-state index in [0.717, 1.165) is 21.9 Å². The summed E-state index contributed by atoms with van der Waals surface area (Å²) in [5.41, 5.74) is 1.92. The fraction of sp³-hybridized carbons (Fsp3) is 0.130. The molecule has 0 atom stereocenters. The number of nitrogens with zero attached hydrogens (tertiary/aromatic N) is 1. The maximum absolute atomic E-state index is 12.5. The number of amides is 1. The van der Waals surface area contributed by atoms with Crippen LogP contribution < -0.4 is 10.1 Å². The van der Waals surface area contributed by atoms with E-state index in [0.29, 0.717) is 18.7 Å². The molecule has 0 aliphatic heterocycles. The molecule has 0 spiro atoms. The number of nitriles is 1. The predicted molar refractivity (Wildman–Crippen MR) is 107 cm³/mol. The van der Waals surface area contributed by atoms with Gasteiger partial charge in [0.25, 0.3) is 5.91 Å². The highest BCUT2D eigenvalue weighted by Gasteiger charge is 2.12. The van der Waals surface area contributed by atoms with Gasteiger partial charge in [-0.15, -0.1) is 0 Å². The Hall–Kier alpha value is -3.58. The Morgan fingerprint density at radius 1 is 1.07 bits per heavy atom. The van der Waals surface area contributed by atoms with Crippen molar-refractivity contribution in [3.05, 3.63) is 83.4 Å². The molecule has 0 unspecified atom stereocenters. The molecule has 3 aromatic rings. The predicted octanol–water partition coefficient (Wildman–Crippen LogP) is 4.11. The van der Waals surface area contributed by atoms with E-state index in [4.69, 9.17) is 4.74 Å². The Morgan fingerprint density at radius 3 is 2.56 bits per heavy atom. The van der Waals surface area contributed by atoms with Gasteiger partial charge in [-0.25, -0.2) is 0 Å². The van der Waals surface area contributed by atoms with Crippen LogP contribution in [0.15, 0.2) is 72.3 Å². The van der Waals surface area contributed by atoms with Gasteiger partial charge in [0.1, 0.15) is 17.4 Å². The Labute approximate surface area is 158 Å². The van der Waals surface area contributed by atoms with Crippen molar-refractivity contribution in [3.8, 4) is 11.8 Å². The lowest BCUT2D eigenvalue weighted by Gasteiger charge is -2.10. The Balaban J connectivity index is 1.82. The molecule has 4 nitrogen and oxygen atoms in total. The summed E-state index contributed by atoms with van der Waals surface area (Å²) < 4.78 is 5.43. The number of ether oxygens (including phenoxy) is 1. The molecule has 1 amide bonds. The van der Waals surface area contributed by atoms with E-state index in [2.05, 4.69) is 5.32 Å². The van der Waals surface area contributed by atoms with Crippen LogP contribution >= 0.6 is 0 Å². The highest BCUT2D eigenvalue weighted by molar-refractivity contribution is 6.04. The van der Waals surface area contributed by atoms with Crippen molar-refractivity contribution in [2.45, 2.75) is 6.42 Å². The summed E-state index contributed by atoms with van der Waals surface area (Å²) in [6.45, 7) is 0.467. The third-order valence-corrected chi connectivity index (χ3v) is 4.35. The van der Waals surface area contributed by atoms with Gasteiger partial charge in [-0.3, -0.25) is 4.79 Å². The maximum Gasteiger partial charge on any atom is 0.261 e. The molecule has 4 heteroatoms. The molecule has 0 saturated heterocycles. The van der Waals surface area contributed by atoms with Crippen LogP contribution in [0.5, 0.6) is 5.75 Å². The molecule has 0 saturated carbocycles.